The Hall–Kier alpha value is -1.99. The second kappa shape index (κ2) is 5.78. The molecule has 0 radical (unpaired) electrons. The molecule has 0 N–H and O–H groups in total. The van der Waals surface area contributed by atoms with Crippen molar-refractivity contribution in [3.8, 4) is 0 Å². The van der Waals surface area contributed by atoms with Gasteiger partial charge in [-0.15, -0.1) is 0 Å². The molecule has 2 aromatic rings. The molecule has 1 aromatic carbocycles. The van der Waals surface area contributed by atoms with Crippen LogP contribution in [0.2, 0.25) is 0 Å². The molecule has 2 fully saturated rings. The number of methoxy groups -OCH3 is 1. The van der Waals surface area contributed by atoms with Crippen molar-refractivity contribution in [2.75, 3.05) is 32.6 Å². The highest BCUT2D eigenvalue weighted by Gasteiger charge is 2.62. The van der Waals surface area contributed by atoms with Gasteiger partial charge in [0.05, 0.1) is 17.9 Å². The summed E-state index contributed by atoms with van der Waals surface area (Å²) in [5.41, 5.74) is 1.40. The lowest BCUT2D eigenvalue weighted by Gasteiger charge is -2.49. The standard InChI is InChI=1S/C18H20N2O4S/c1-24-10-15-6-8-25(22,23)18(15)11-20(12-18)17(21)14-4-5-16-13(9-14)3-2-7-19-16/h2-5,7,9,15H,6,8,10-12H2,1H3. The van der Waals surface area contributed by atoms with Gasteiger partial charge < -0.3 is 9.64 Å². The Morgan fingerprint density at radius 2 is 2.16 bits per heavy atom. The van der Waals surface area contributed by atoms with Gasteiger partial charge in [0.1, 0.15) is 4.75 Å². The van der Waals surface area contributed by atoms with Crippen LogP contribution >= 0.6 is 0 Å². The maximum atomic E-state index is 12.8. The number of fused-ring (bicyclic) bond motifs is 1. The Bertz CT molecular complexity index is 935. The monoisotopic (exact) mass is 360 g/mol. The van der Waals surface area contributed by atoms with Crippen molar-refractivity contribution in [2.45, 2.75) is 11.2 Å². The summed E-state index contributed by atoms with van der Waals surface area (Å²) in [6, 6.07) is 9.12. The molecule has 1 unspecified atom stereocenters. The third kappa shape index (κ3) is 2.45. The Kier molecular flexibility index (Phi) is 3.81. The van der Waals surface area contributed by atoms with Crippen molar-refractivity contribution in [1.29, 1.82) is 0 Å². The fourth-order valence-electron chi connectivity index (χ4n) is 4.04. The molecule has 2 aliphatic heterocycles. The molecule has 1 spiro atoms. The Morgan fingerprint density at radius 1 is 1.36 bits per heavy atom. The van der Waals surface area contributed by atoms with Crippen LogP contribution in [0.25, 0.3) is 10.9 Å². The van der Waals surface area contributed by atoms with Crippen LogP contribution in [0.5, 0.6) is 0 Å². The molecule has 1 atom stereocenters. The van der Waals surface area contributed by atoms with E-state index in [2.05, 4.69) is 4.98 Å². The molecule has 1 amide bonds. The average Bonchev–Trinajstić information content (AvgIpc) is 2.83. The van der Waals surface area contributed by atoms with Crippen molar-refractivity contribution in [3.05, 3.63) is 42.1 Å². The highest BCUT2D eigenvalue weighted by atomic mass is 32.2. The first-order chi connectivity index (χ1) is 12.0. The van der Waals surface area contributed by atoms with Gasteiger partial charge in [0.2, 0.25) is 0 Å². The van der Waals surface area contributed by atoms with Gasteiger partial charge in [0, 0.05) is 43.3 Å². The van der Waals surface area contributed by atoms with Gasteiger partial charge in [0.15, 0.2) is 9.84 Å². The van der Waals surface area contributed by atoms with Gasteiger partial charge in [0.25, 0.3) is 5.91 Å². The van der Waals surface area contributed by atoms with Crippen LogP contribution in [0.15, 0.2) is 36.5 Å². The molecular formula is C18H20N2O4S. The zero-order valence-corrected chi connectivity index (χ0v) is 14.8. The maximum Gasteiger partial charge on any atom is 0.253 e. The van der Waals surface area contributed by atoms with E-state index < -0.39 is 14.6 Å². The van der Waals surface area contributed by atoms with E-state index in [-0.39, 0.29) is 30.7 Å². The lowest BCUT2D eigenvalue weighted by Crippen LogP contribution is -2.68. The van der Waals surface area contributed by atoms with E-state index in [1.807, 2.05) is 24.3 Å². The number of sulfone groups is 1. The molecule has 132 valence electrons. The number of likely N-dealkylation sites (tertiary alicyclic amines) is 1. The number of nitrogens with zero attached hydrogens (tertiary/aromatic N) is 2. The predicted octanol–water partition coefficient (Wildman–Crippen LogP) is 1.51. The molecular weight excluding hydrogens is 340 g/mol. The second-order valence-corrected chi connectivity index (χ2v) is 9.35. The molecule has 25 heavy (non-hydrogen) atoms. The number of benzene rings is 1. The third-order valence-corrected chi connectivity index (χ3v) is 8.12. The van der Waals surface area contributed by atoms with Crippen molar-refractivity contribution in [3.63, 3.8) is 0 Å². The van der Waals surface area contributed by atoms with Gasteiger partial charge >= 0.3 is 0 Å². The molecule has 7 heteroatoms. The number of ether oxygens (including phenoxy) is 1. The summed E-state index contributed by atoms with van der Waals surface area (Å²) < 4.78 is 29.4. The molecule has 4 rings (SSSR count). The Morgan fingerprint density at radius 3 is 2.92 bits per heavy atom. The molecule has 0 aliphatic carbocycles. The maximum absolute atomic E-state index is 12.8. The zero-order chi connectivity index (χ0) is 17.7. The van der Waals surface area contributed by atoms with Crippen LogP contribution < -0.4 is 0 Å². The van der Waals surface area contributed by atoms with Crippen LogP contribution in [0.3, 0.4) is 0 Å². The van der Waals surface area contributed by atoms with E-state index in [1.165, 1.54) is 0 Å². The van der Waals surface area contributed by atoms with Gasteiger partial charge in [-0.25, -0.2) is 8.42 Å². The number of carbonyl (C=O) groups excluding carboxylic acids is 1. The number of rotatable bonds is 3. The molecule has 0 saturated carbocycles. The summed E-state index contributed by atoms with van der Waals surface area (Å²) in [5, 5.41) is 0.898. The van der Waals surface area contributed by atoms with E-state index >= 15 is 0 Å². The fourth-order valence-corrected chi connectivity index (χ4v) is 6.44. The highest BCUT2D eigenvalue weighted by molar-refractivity contribution is 7.93. The summed E-state index contributed by atoms with van der Waals surface area (Å²) in [4.78, 5) is 18.6. The minimum Gasteiger partial charge on any atom is -0.384 e. The summed E-state index contributed by atoms with van der Waals surface area (Å²) >= 11 is 0. The Labute approximate surface area is 146 Å². The van der Waals surface area contributed by atoms with E-state index in [1.54, 1.807) is 24.3 Å². The SMILES string of the molecule is COCC1CCS(=O)(=O)C12CN(C(=O)c1ccc3ncccc3c1)C2. The van der Waals surface area contributed by atoms with E-state index in [9.17, 15) is 13.2 Å². The number of aromatic nitrogens is 1. The average molecular weight is 360 g/mol. The van der Waals surface area contributed by atoms with Crippen LogP contribution in [0.1, 0.15) is 16.8 Å². The number of pyridine rings is 1. The van der Waals surface area contributed by atoms with Gasteiger partial charge in [-0.3, -0.25) is 9.78 Å². The molecule has 0 bridgehead atoms. The first-order valence-electron chi connectivity index (χ1n) is 8.32. The zero-order valence-electron chi connectivity index (χ0n) is 14.0. The van der Waals surface area contributed by atoms with E-state index in [0.29, 0.717) is 18.6 Å². The molecule has 3 heterocycles. The van der Waals surface area contributed by atoms with Gasteiger partial charge in [-0.1, -0.05) is 6.07 Å². The fraction of sp³-hybridized carbons (Fsp3) is 0.444. The summed E-state index contributed by atoms with van der Waals surface area (Å²) in [5.74, 6) is 0.0204. The largest absolute Gasteiger partial charge is 0.384 e. The lowest BCUT2D eigenvalue weighted by atomic mass is 9.83. The first kappa shape index (κ1) is 16.5. The minimum atomic E-state index is -3.19. The summed E-state index contributed by atoms with van der Waals surface area (Å²) in [7, 11) is -1.60. The predicted molar refractivity (Wildman–Crippen MR) is 94.1 cm³/mol. The summed E-state index contributed by atoms with van der Waals surface area (Å²) in [6.45, 7) is 0.934. The second-order valence-electron chi connectivity index (χ2n) is 6.90. The lowest BCUT2D eigenvalue weighted by molar-refractivity contribution is 0.0337. The topological polar surface area (TPSA) is 76.6 Å². The van der Waals surface area contributed by atoms with Crippen LogP contribution in [0, 0.1) is 5.92 Å². The van der Waals surface area contributed by atoms with E-state index in [4.69, 9.17) is 4.74 Å². The summed E-state index contributed by atoms with van der Waals surface area (Å²) in [6.07, 6.45) is 2.32. The molecule has 6 nitrogen and oxygen atoms in total. The first-order valence-corrected chi connectivity index (χ1v) is 9.97. The van der Waals surface area contributed by atoms with Crippen LogP contribution in [-0.2, 0) is 14.6 Å². The number of hydrogen-bond acceptors (Lipinski definition) is 5. The number of amides is 1. The van der Waals surface area contributed by atoms with Crippen LogP contribution in [0.4, 0.5) is 0 Å². The molecule has 2 aliphatic rings. The minimum absolute atomic E-state index is 0.0349. The molecule has 1 aromatic heterocycles. The smallest absolute Gasteiger partial charge is 0.253 e. The van der Waals surface area contributed by atoms with E-state index in [0.717, 1.165) is 10.9 Å². The van der Waals surface area contributed by atoms with Crippen LogP contribution in [-0.4, -0.2) is 61.5 Å². The number of hydrogen-bond donors (Lipinski definition) is 0. The number of carbonyl (C=O) groups is 1. The quantitative estimate of drug-likeness (QED) is 0.829. The third-order valence-electron chi connectivity index (χ3n) is 5.52. The van der Waals surface area contributed by atoms with Crippen molar-refractivity contribution in [1.82, 2.24) is 9.88 Å². The Balaban J connectivity index is 1.57. The highest BCUT2D eigenvalue weighted by Crippen LogP contribution is 2.45. The van der Waals surface area contributed by atoms with Crippen molar-refractivity contribution >= 4 is 26.6 Å². The van der Waals surface area contributed by atoms with Crippen molar-refractivity contribution < 1.29 is 17.9 Å². The van der Waals surface area contributed by atoms with Crippen molar-refractivity contribution in [2.24, 2.45) is 5.92 Å². The molecule has 2 saturated heterocycles. The van der Waals surface area contributed by atoms with Gasteiger partial charge in [-0.2, -0.15) is 0 Å². The van der Waals surface area contributed by atoms with Gasteiger partial charge in [-0.05, 0) is 30.7 Å². The normalized spacial score (nSPS) is 23.7.